The molecule has 1 aliphatic rings. The van der Waals surface area contributed by atoms with Crippen molar-refractivity contribution < 1.29 is 9.59 Å². The third-order valence-corrected chi connectivity index (χ3v) is 2.94. The van der Waals surface area contributed by atoms with Gasteiger partial charge in [0.05, 0.1) is 6.42 Å². The van der Waals surface area contributed by atoms with Gasteiger partial charge in [-0.15, -0.1) is 0 Å². The highest BCUT2D eigenvalue weighted by Gasteiger charge is 2.16. The summed E-state index contributed by atoms with van der Waals surface area (Å²) in [6, 6.07) is 7.61. The number of carbonyl (C=O) groups excluding carboxylic acids is 2. The van der Waals surface area contributed by atoms with E-state index >= 15 is 0 Å². The molecule has 0 radical (unpaired) electrons. The summed E-state index contributed by atoms with van der Waals surface area (Å²) in [5, 5.41) is 0. The number of carbonyl (C=O) groups is 2. The van der Waals surface area contributed by atoms with Crippen LogP contribution in [-0.4, -0.2) is 11.7 Å². The van der Waals surface area contributed by atoms with E-state index in [1.54, 1.807) is 0 Å². The fraction of sp³-hybridized carbons (Fsp3) is 0.200. The van der Waals surface area contributed by atoms with Crippen LogP contribution in [0.3, 0.4) is 0 Å². The second kappa shape index (κ2) is 3.84. The zero-order chi connectivity index (χ0) is 9.97. The van der Waals surface area contributed by atoms with Gasteiger partial charge in [0.15, 0.2) is 0 Å². The van der Waals surface area contributed by atoms with Crippen LogP contribution in [-0.2, 0) is 16.0 Å². The van der Waals surface area contributed by atoms with E-state index in [0.29, 0.717) is 6.42 Å². The van der Waals surface area contributed by atoms with Crippen molar-refractivity contribution in [1.82, 2.24) is 4.72 Å². The van der Waals surface area contributed by atoms with E-state index < -0.39 is 0 Å². The molecule has 1 aromatic rings. The molecule has 0 aromatic heterocycles. The second-order valence-corrected chi connectivity index (χ2v) is 3.98. The van der Waals surface area contributed by atoms with Gasteiger partial charge < -0.3 is 0 Å². The van der Waals surface area contributed by atoms with Crippen LogP contribution >= 0.6 is 11.9 Å². The fourth-order valence-electron chi connectivity index (χ4n) is 1.35. The van der Waals surface area contributed by atoms with Gasteiger partial charge in [-0.2, -0.15) is 0 Å². The Morgan fingerprint density at radius 2 is 1.93 bits per heavy atom. The van der Waals surface area contributed by atoms with Gasteiger partial charge in [0.25, 0.3) is 0 Å². The quantitative estimate of drug-likeness (QED) is 0.515. The number of ketones is 1. The Kier molecular flexibility index (Phi) is 2.54. The van der Waals surface area contributed by atoms with Gasteiger partial charge in [-0.3, -0.25) is 14.3 Å². The zero-order valence-electron chi connectivity index (χ0n) is 7.45. The van der Waals surface area contributed by atoms with E-state index in [1.165, 1.54) is 11.9 Å². The number of hydrogen-bond acceptors (Lipinski definition) is 3. The molecule has 3 nitrogen and oxygen atoms in total. The summed E-state index contributed by atoms with van der Waals surface area (Å²) in [5.41, 5.74) is 0.988. The van der Waals surface area contributed by atoms with Gasteiger partial charge in [0, 0.05) is 11.3 Å². The molecule has 1 N–H and O–H groups in total. The van der Waals surface area contributed by atoms with Crippen LogP contribution in [0.25, 0.3) is 0 Å². The smallest absolute Gasteiger partial charge is 0.237 e. The molecule has 0 spiro atoms. The minimum atomic E-state index is -0.213. The summed E-state index contributed by atoms with van der Waals surface area (Å²) in [6.07, 6.45) is 0.345. The lowest BCUT2D eigenvalue weighted by molar-refractivity contribution is -0.126. The van der Waals surface area contributed by atoms with Crippen molar-refractivity contribution in [2.75, 3.05) is 0 Å². The largest absolute Gasteiger partial charge is 0.299 e. The molecule has 0 saturated carbocycles. The summed E-state index contributed by atoms with van der Waals surface area (Å²) in [6.45, 7) is 0. The van der Waals surface area contributed by atoms with Gasteiger partial charge >= 0.3 is 0 Å². The third kappa shape index (κ3) is 1.96. The predicted octanol–water partition coefficient (Wildman–Crippen LogP) is 1.33. The lowest BCUT2D eigenvalue weighted by Crippen LogP contribution is -2.23. The summed E-state index contributed by atoms with van der Waals surface area (Å²) in [4.78, 5) is 23.4. The second-order valence-electron chi connectivity index (χ2n) is 3.13. The number of amides is 1. The maximum Gasteiger partial charge on any atom is 0.237 e. The number of hydrogen-bond donors (Lipinski definition) is 1. The normalized spacial score (nSPS) is 16.6. The van der Waals surface area contributed by atoms with Crippen LogP contribution in [0.2, 0.25) is 0 Å². The van der Waals surface area contributed by atoms with Gasteiger partial charge in [0.2, 0.25) is 5.91 Å². The minimum Gasteiger partial charge on any atom is -0.299 e. The molecule has 0 saturated heterocycles. The Balaban J connectivity index is 2.33. The number of Topliss-reactive ketones (excluding diaryl/α,β-unsaturated/α-hetero) is 1. The molecule has 1 amide bonds. The first-order valence-electron chi connectivity index (χ1n) is 4.31. The Morgan fingerprint density at radius 3 is 2.79 bits per heavy atom. The Morgan fingerprint density at radius 1 is 1.14 bits per heavy atom. The van der Waals surface area contributed by atoms with E-state index in [0.717, 1.165) is 10.5 Å². The molecule has 4 heteroatoms. The van der Waals surface area contributed by atoms with Crippen LogP contribution in [0, 0.1) is 0 Å². The van der Waals surface area contributed by atoms with E-state index in [-0.39, 0.29) is 18.1 Å². The van der Waals surface area contributed by atoms with Gasteiger partial charge in [-0.1, -0.05) is 18.2 Å². The van der Waals surface area contributed by atoms with Crippen molar-refractivity contribution in [3.8, 4) is 0 Å². The Hall–Kier alpha value is -1.29. The topological polar surface area (TPSA) is 46.2 Å². The lowest BCUT2D eigenvalue weighted by Gasteiger charge is -2.12. The SMILES string of the molecule is O=C1CC(=O)NSc2ccccc2C1. The molecule has 1 aromatic carbocycles. The summed E-state index contributed by atoms with van der Waals surface area (Å²) in [7, 11) is 0. The van der Waals surface area contributed by atoms with Crippen molar-refractivity contribution in [3.05, 3.63) is 29.8 Å². The predicted molar refractivity (Wildman–Crippen MR) is 53.8 cm³/mol. The number of rotatable bonds is 0. The van der Waals surface area contributed by atoms with E-state index in [2.05, 4.69) is 4.72 Å². The first kappa shape index (κ1) is 9.27. The first-order valence-corrected chi connectivity index (χ1v) is 5.12. The third-order valence-electron chi connectivity index (χ3n) is 1.99. The van der Waals surface area contributed by atoms with Crippen LogP contribution in [0.5, 0.6) is 0 Å². The standard InChI is InChI=1S/C10H9NO2S/c12-8-5-7-3-1-2-4-9(7)14-11-10(13)6-8/h1-4H,5-6H2,(H,11,13). The highest BCUT2D eigenvalue weighted by Crippen LogP contribution is 2.22. The van der Waals surface area contributed by atoms with Crippen molar-refractivity contribution in [3.63, 3.8) is 0 Å². The van der Waals surface area contributed by atoms with Crippen LogP contribution < -0.4 is 4.72 Å². The molecule has 2 rings (SSSR count). The molecule has 1 aliphatic heterocycles. The molecule has 72 valence electrons. The van der Waals surface area contributed by atoms with Crippen molar-refractivity contribution in [2.45, 2.75) is 17.7 Å². The van der Waals surface area contributed by atoms with Crippen molar-refractivity contribution >= 4 is 23.6 Å². The number of benzene rings is 1. The molecule has 0 atom stereocenters. The monoisotopic (exact) mass is 207 g/mol. The Labute approximate surface area is 86.0 Å². The van der Waals surface area contributed by atoms with E-state index in [4.69, 9.17) is 0 Å². The van der Waals surface area contributed by atoms with Crippen LogP contribution in [0.15, 0.2) is 29.2 Å². The summed E-state index contributed by atoms with van der Waals surface area (Å²) < 4.78 is 2.63. The zero-order valence-corrected chi connectivity index (χ0v) is 8.26. The molecular formula is C10H9NO2S. The van der Waals surface area contributed by atoms with Gasteiger partial charge in [-0.05, 0) is 23.6 Å². The highest BCUT2D eigenvalue weighted by atomic mass is 32.2. The Bertz CT molecular complexity index is 389. The van der Waals surface area contributed by atoms with Crippen molar-refractivity contribution in [1.29, 1.82) is 0 Å². The summed E-state index contributed by atoms with van der Waals surface area (Å²) in [5.74, 6) is -0.246. The molecule has 0 aliphatic carbocycles. The van der Waals surface area contributed by atoms with E-state index in [9.17, 15) is 9.59 Å². The highest BCUT2D eigenvalue weighted by molar-refractivity contribution is 7.98. The molecule has 0 bridgehead atoms. The molecular weight excluding hydrogens is 198 g/mol. The van der Waals surface area contributed by atoms with E-state index in [1.807, 2.05) is 24.3 Å². The molecule has 0 unspecified atom stereocenters. The van der Waals surface area contributed by atoms with Crippen molar-refractivity contribution in [2.24, 2.45) is 0 Å². The molecule has 14 heavy (non-hydrogen) atoms. The van der Waals surface area contributed by atoms with Crippen LogP contribution in [0.4, 0.5) is 0 Å². The lowest BCUT2D eigenvalue weighted by atomic mass is 10.1. The van der Waals surface area contributed by atoms with Gasteiger partial charge in [-0.25, -0.2) is 0 Å². The maximum absolute atomic E-state index is 11.3. The number of fused-ring (bicyclic) bond motifs is 1. The number of nitrogens with one attached hydrogen (secondary N) is 1. The molecule has 1 heterocycles. The van der Waals surface area contributed by atoms with Crippen LogP contribution in [0.1, 0.15) is 12.0 Å². The average molecular weight is 207 g/mol. The fourth-order valence-corrected chi connectivity index (χ4v) is 2.07. The molecule has 0 fully saturated rings. The first-order chi connectivity index (χ1) is 6.75. The van der Waals surface area contributed by atoms with Gasteiger partial charge in [0.1, 0.15) is 5.78 Å². The maximum atomic E-state index is 11.3. The minimum absolute atomic E-state index is 0.0126. The summed E-state index contributed by atoms with van der Waals surface area (Å²) >= 11 is 1.28. The average Bonchev–Trinajstić information content (AvgIpc) is 2.14.